The third-order valence-electron chi connectivity index (χ3n) is 2.79. The summed E-state index contributed by atoms with van der Waals surface area (Å²) in [5.41, 5.74) is -1.63. The number of alkyl halides is 6. The molecule has 0 saturated carbocycles. The van der Waals surface area contributed by atoms with E-state index in [4.69, 9.17) is 0 Å². The molecule has 124 valence electrons. The van der Waals surface area contributed by atoms with Gasteiger partial charge in [-0.25, -0.2) is 4.39 Å². The maximum absolute atomic E-state index is 13.8. The summed E-state index contributed by atoms with van der Waals surface area (Å²) in [4.78, 5) is 0. The maximum atomic E-state index is 13.8. The highest BCUT2D eigenvalue weighted by atomic mass is 19.4. The van der Waals surface area contributed by atoms with Crippen LogP contribution in [0.1, 0.15) is 5.56 Å². The van der Waals surface area contributed by atoms with Crippen LogP contribution in [0, 0.1) is 5.82 Å². The molecule has 0 aliphatic heterocycles. The van der Waals surface area contributed by atoms with Crippen molar-refractivity contribution in [3.8, 4) is 22.6 Å². The zero-order valence-electron chi connectivity index (χ0n) is 11.0. The van der Waals surface area contributed by atoms with Crippen LogP contribution in [-0.4, -0.2) is 11.5 Å². The lowest BCUT2D eigenvalue weighted by Gasteiger charge is -2.12. The van der Waals surface area contributed by atoms with Crippen molar-refractivity contribution < 1.29 is 40.6 Å². The van der Waals surface area contributed by atoms with E-state index in [9.17, 15) is 35.8 Å². The number of phenolic OH excluding ortho intramolecular Hbond substituents is 1. The number of rotatable bonds is 2. The molecule has 0 saturated heterocycles. The molecule has 0 amide bonds. The molecule has 0 radical (unpaired) electrons. The molecule has 0 heterocycles. The predicted molar refractivity (Wildman–Crippen MR) is 65.2 cm³/mol. The standard InChI is InChI=1S/C14H7F7O2/c15-10-6-8(13(16,17)18)2-3-9(10)7-1-4-12(11(22)5-7)23-14(19,20)21/h1-6,22H. The topological polar surface area (TPSA) is 29.5 Å². The van der Waals surface area contributed by atoms with Gasteiger partial charge in [0.1, 0.15) is 5.82 Å². The summed E-state index contributed by atoms with van der Waals surface area (Å²) in [5, 5.41) is 9.46. The second-order valence-corrected chi connectivity index (χ2v) is 4.42. The molecular weight excluding hydrogens is 333 g/mol. The van der Waals surface area contributed by atoms with Crippen molar-refractivity contribution in [2.45, 2.75) is 12.5 Å². The summed E-state index contributed by atoms with van der Waals surface area (Å²) in [7, 11) is 0. The maximum Gasteiger partial charge on any atom is 0.573 e. The SMILES string of the molecule is Oc1cc(-c2ccc(C(F)(F)F)cc2F)ccc1OC(F)(F)F. The zero-order chi connectivity index (χ0) is 17.4. The van der Waals surface area contributed by atoms with Gasteiger partial charge in [0.25, 0.3) is 0 Å². The Morgan fingerprint density at radius 1 is 0.870 bits per heavy atom. The highest BCUT2D eigenvalue weighted by molar-refractivity contribution is 5.68. The van der Waals surface area contributed by atoms with Crippen LogP contribution < -0.4 is 4.74 Å². The molecule has 2 nitrogen and oxygen atoms in total. The number of hydrogen-bond acceptors (Lipinski definition) is 2. The van der Waals surface area contributed by atoms with Gasteiger partial charge in [0.05, 0.1) is 5.56 Å². The lowest BCUT2D eigenvalue weighted by Crippen LogP contribution is -2.17. The van der Waals surface area contributed by atoms with Gasteiger partial charge >= 0.3 is 12.5 Å². The predicted octanol–water partition coefficient (Wildman–Crippen LogP) is 5.12. The third-order valence-corrected chi connectivity index (χ3v) is 2.79. The van der Waals surface area contributed by atoms with E-state index in [-0.39, 0.29) is 17.2 Å². The molecule has 2 rings (SSSR count). The molecule has 0 aromatic heterocycles. The Morgan fingerprint density at radius 2 is 1.52 bits per heavy atom. The number of halogens is 7. The molecule has 9 heteroatoms. The first kappa shape index (κ1) is 16.9. The average Bonchev–Trinajstić information content (AvgIpc) is 2.38. The highest BCUT2D eigenvalue weighted by Gasteiger charge is 2.33. The van der Waals surface area contributed by atoms with E-state index >= 15 is 0 Å². The summed E-state index contributed by atoms with van der Waals surface area (Å²) in [6, 6.07) is 4.16. The molecule has 2 aromatic carbocycles. The van der Waals surface area contributed by atoms with Crippen LogP contribution in [0.5, 0.6) is 11.5 Å². The highest BCUT2D eigenvalue weighted by Crippen LogP contribution is 2.37. The molecule has 0 spiro atoms. The molecule has 0 aliphatic rings. The fourth-order valence-electron chi connectivity index (χ4n) is 1.82. The van der Waals surface area contributed by atoms with E-state index in [0.717, 1.165) is 24.3 Å². The van der Waals surface area contributed by atoms with Crippen LogP contribution in [0.2, 0.25) is 0 Å². The van der Waals surface area contributed by atoms with Gasteiger partial charge in [-0.1, -0.05) is 12.1 Å². The summed E-state index contributed by atoms with van der Waals surface area (Å²) >= 11 is 0. The van der Waals surface area contributed by atoms with E-state index in [2.05, 4.69) is 4.74 Å². The Hall–Kier alpha value is -2.45. The lowest BCUT2D eigenvalue weighted by atomic mass is 10.0. The third kappa shape index (κ3) is 4.05. The van der Waals surface area contributed by atoms with Crippen LogP contribution in [0.25, 0.3) is 11.1 Å². The van der Waals surface area contributed by atoms with Crippen molar-refractivity contribution in [3.63, 3.8) is 0 Å². The minimum absolute atomic E-state index is 0.108. The van der Waals surface area contributed by atoms with E-state index in [1.807, 2.05) is 0 Å². The molecule has 2 aromatic rings. The van der Waals surface area contributed by atoms with Crippen molar-refractivity contribution in [2.75, 3.05) is 0 Å². The summed E-state index contributed by atoms with van der Waals surface area (Å²) in [6.07, 6.45) is -9.76. The smallest absolute Gasteiger partial charge is 0.504 e. The summed E-state index contributed by atoms with van der Waals surface area (Å²) < 4.78 is 90.8. The van der Waals surface area contributed by atoms with Crippen LogP contribution >= 0.6 is 0 Å². The second kappa shape index (κ2) is 5.64. The van der Waals surface area contributed by atoms with Crippen LogP contribution in [0.3, 0.4) is 0 Å². The largest absolute Gasteiger partial charge is 0.573 e. The quantitative estimate of drug-likeness (QED) is 0.770. The van der Waals surface area contributed by atoms with Crippen LogP contribution in [0.4, 0.5) is 30.7 Å². The Balaban J connectivity index is 2.38. The molecule has 23 heavy (non-hydrogen) atoms. The minimum Gasteiger partial charge on any atom is -0.504 e. The van der Waals surface area contributed by atoms with Gasteiger partial charge in [0, 0.05) is 5.56 Å². The summed E-state index contributed by atoms with van der Waals surface area (Å²) in [6.45, 7) is 0. The Labute approximate surface area is 124 Å². The number of phenols is 1. The van der Waals surface area contributed by atoms with Crippen molar-refractivity contribution in [2.24, 2.45) is 0 Å². The van der Waals surface area contributed by atoms with E-state index in [1.54, 1.807) is 0 Å². The lowest BCUT2D eigenvalue weighted by molar-refractivity contribution is -0.275. The van der Waals surface area contributed by atoms with Crippen molar-refractivity contribution in [1.29, 1.82) is 0 Å². The van der Waals surface area contributed by atoms with Gasteiger partial charge in [0.15, 0.2) is 11.5 Å². The Kier molecular flexibility index (Phi) is 4.14. The molecule has 0 bridgehead atoms. The first-order chi connectivity index (χ1) is 10.5. The van der Waals surface area contributed by atoms with Gasteiger partial charge in [-0.15, -0.1) is 13.2 Å². The Bertz CT molecular complexity index is 720. The normalized spacial score (nSPS) is 12.3. The zero-order valence-corrected chi connectivity index (χ0v) is 11.0. The monoisotopic (exact) mass is 340 g/mol. The fourth-order valence-corrected chi connectivity index (χ4v) is 1.82. The number of hydrogen-bond donors (Lipinski definition) is 1. The second-order valence-electron chi connectivity index (χ2n) is 4.42. The molecular formula is C14H7F7O2. The van der Waals surface area contributed by atoms with E-state index in [1.165, 1.54) is 0 Å². The first-order valence-electron chi connectivity index (χ1n) is 5.93. The fraction of sp³-hybridized carbons (Fsp3) is 0.143. The number of benzene rings is 2. The van der Waals surface area contributed by atoms with Gasteiger partial charge in [0.2, 0.25) is 0 Å². The molecule has 0 atom stereocenters. The van der Waals surface area contributed by atoms with Gasteiger partial charge < -0.3 is 9.84 Å². The number of ether oxygens (including phenoxy) is 1. The van der Waals surface area contributed by atoms with Gasteiger partial charge in [-0.3, -0.25) is 0 Å². The van der Waals surface area contributed by atoms with Gasteiger partial charge in [-0.05, 0) is 29.8 Å². The number of aromatic hydroxyl groups is 1. The van der Waals surface area contributed by atoms with Crippen molar-refractivity contribution in [1.82, 2.24) is 0 Å². The Morgan fingerprint density at radius 3 is 2.00 bits per heavy atom. The average molecular weight is 340 g/mol. The molecule has 0 unspecified atom stereocenters. The van der Waals surface area contributed by atoms with Crippen LogP contribution in [0.15, 0.2) is 36.4 Å². The van der Waals surface area contributed by atoms with E-state index in [0.29, 0.717) is 6.07 Å². The first-order valence-corrected chi connectivity index (χ1v) is 5.93. The minimum atomic E-state index is -5.03. The molecule has 0 aliphatic carbocycles. The summed E-state index contributed by atoms with van der Waals surface area (Å²) in [5.74, 6) is -3.07. The van der Waals surface area contributed by atoms with E-state index < -0.39 is 35.4 Å². The van der Waals surface area contributed by atoms with Crippen molar-refractivity contribution >= 4 is 0 Å². The molecule has 1 N–H and O–H groups in total. The van der Waals surface area contributed by atoms with Crippen molar-refractivity contribution in [3.05, 3.63) is 47.8 Å². The molecule has 0 fully saturated rings. The van der Waals surface area contributed by atoms with Gasteiger partial charge in [-0.2, -0.15) is 13.2 Å². The van der Waals surface area contributed by atoms with Crippen LogP contribution in [-0.2, 0) is 6.18 Å².